The summed E-state index contributed by atoms with van der Waals surface area (Å²) in [6.07, 6.45) is 0. The van der Waals surface area contributed by atoms with E-state index in [1.54, 1.807) is 0 Å². The third-order valence-corrected chi connectivity index (χ3v) is 5.37. The molecule has 0 aromatic rings. The molecule has 0 radical (unpaired) electrons. The second kappa shape index (κ2) is 6.24. The summed E-state index contributed by atoms with van der Waals surface area (Å²) in [7, 11) is 0. The van der Waals surface area contributed by atoms with E-state index in [-0.39, 0.29) is 0 Å². The molecule has 0 saturated heterocycles. The molecular weight excluding hydrogens is 428 g/mol. The largest absolute Gasteiger partial charge is 0.185 e. The van der Waals surface area contributed by atoms with Crippen LogP contribution in [-0.2, 0) is 0 Å². The Morgan fingerprint density at radius 1 is 1.67 bits per heavy atom. The van der Waals surface area contributed by atoms with Crippen LogP contribution in [0.4, 0.5) is 0 Å². The molecule has 0 amide bonds. The summed E-state index contributed by atoms with van der Waals surface area (Å²) >= 11 is 8.94. The zero-order chi connectivity index (χ0) is 7.28. The van der Waals surface area contributed by atoms with Gasteiger partial charge in [0.2, 0.25) is 0 Å². The maximum Gasteiger partial charge on any atom is 0.133 e. The van der Waals surface area contributed by atoms with Gasteiger partial charge in [-0.2, -0.15) is 5.26 Å². The molecule has 0 aromatic heterocycles. The van der Waals surface area contributed by atoms with Crippen LogP contribution in [0.25, 0.3) is 0 Å². The highest BCUT2D eigenvalue weighted by molar-refractivity contribution is 14.1. The number of hydrogen-bond donors (Lipinski definition) is 0. The minimum atomic E-state index is 0.778. The average Bonchev–Trinajstić information content (AvgIpc) is 1.82. The van der Waals surface area contributed by atoms with E-state index in [1.807, 2.05) is 5.40 Å². The fraction of sp³-hybridized carbons (Fsp3) is 0.250. The summed E-state index contributed by atoms with van der Waals surface area (Å²) in [5.74, 6) is 0.778. The molecule has 0 aromatic carbocycles. The molecule has 0 spiro atoms. The molecule has 0 bridgehead atoms. The molecule has 9 heavy (non-hydrogen) atoms. The zero-order valence-electron chi connectivity index (χ0n) is 4.20. The second-order valence-electron chi connectivity index (χ2n) is 1.05. The predicted octanol–water partition coefficient (Wildman–Crippen LogP) is 3.63. The number of nitrogens with zero attached hydrogens (tertiary/aromatic N) is 1. The van der Waals surface area contributed by atoms with Crippen LogP contribution in [0.5, 0.6) is 0 Å². The van der Waals surface area contributed by atoms with Gasteiger partial charge in [0.25, 0.3) is 0 Å². The highest BCUT2D eigenvalue weighted by atomic mass is 127. The van der Waals surface area contributed by atoms with E-state index in [0.29, 0.717) is 0 Å². The molecular formula is C4H2BrI2NS. The van der Waals surface area contributed by atoms with Crippen LogP contribution in [-0.4, -0.2) is 5.75 Å². The van der Waals surface area contributed by atoms with Crippen LogP contribution in [0.3, 0.4) is 0 Å². The van der Waals surface area contributed by atoms with Gasteiger partial charge >= 0.3 is 0 Å². The van der Waals surface area contributed by atoms with E-state index in [4.69, 9.17) is 5.26 Å². The predicted molar refractivity (Wildman–Crippen MR) is 62.1 cm³/mol. The first-order valence-corrected chi connectivity index (χ1v) is 5.82. The van der Waals surface area contributed by atoms with Crippen molar-refractivity contribution >= 4 is 72.9 Å². The van der Waals surface area contributed by atoms with Crippen molar-refractivity contribution in [3.05, 3.63) is 6.07 Å². The van der Waals surface area contributed by atoms with Crippen LogP contribution in [0.2, 0.25) is 0 Å². The lowest BCUT2D eigenvalue weighted by molar-refractivity contribution is 1.57. The van der Waals surface area contributed by atoms with Crippen LogP contribution in [0.1, 0.15) is 0 Å². The van der Waals surface area contributed by atoms with E-state index in [1.165, 1.54) is 15.3 Å². The molecule has 0 saturated carbocycles. The molecule has 0 unspecified atom stereocenters. The van der Waals surface area contributed by atoms with E-state index < -0.39 is 0 Å². The summed E-state index contributed by atoms with van der Waals surface area (Å²) < 4.78 is 2.27. The summed E-state index contributed by atoms with van der Waals surface area (Å²) in [6.45, 7) is 0. The Morgan fingerprint density at radius 3 is 2.56 bits per heavy atom. The van der Waals surface area contributed by atoms with Gasteiger partial charge < -0.3 is 0 Å². The van der Waals surface area contributed by atoms with E-state index >= 15 is 0 Å². The molecule has 0 aliphatic heterocycles. The minimum absolute atomic E-state index is 0.778. The lowest BCUT2D eigenvalue weighted by Gasteiger charge is -1.91. The Balaban J connectivity index is 3.67. The van der Waals surface area contributed by atoms with Gasteiger partial charge in [-0.3, -0.25) is 0 Å². The molecule has 5 heteroatoms. The van der Waals surface area contributed by atoms with Crippen LogP contribution in [0.15, 0.2) is 6.07 Å². The fourth-order valence-corrected chi connectivity index (χ4v) is 1.73. The van der Waals surface area contributed by atoms with Crippen molar-refractivity contribution in [1.29, 1.82) is 5.26 Å². The molecule has 0 heterocycles. The summed E-state index contributed by atoms with van der Waals surface area (Å²) in [4.78, 5) is 0. The van der Waals surface area contributed by atoms with Crippen molar-refractivity contribution in [3.8, 4) is 5.40 Å². The van der Waals surface area contributed by atoms with Crippen molar-refractivity contribution in [3.63, 3.8) is 0 Å². The Bertz CT molecular complexity index is 158. The lowest BCUT2D eigenvalue weighted by Crippen LogP contribution is -1.73. The normalized spacial score (nSPS) is 12.2. The van der Waals surface area contributed by atoms with Crippen molar-refractivity contribution < 1.29 is 0 Å². The first-order chi connectivity index (χ1) is 4.18. The lowest BCUT2D eigenvalue weighted by atomic mass is 10.8. The van der Waals surface area contributed by atoms with Crippen molar-refractivity contribution in [2.24, 2.45) is 0 Å². The van der Waals surface area contributed by atoms with Crippen molar-refractivity contribution in [2.45, 2.75) is 0 Å². The molecule has 50 valence electrons. The first-order valence-electron chi connectivity index (χ1n) is 1.89. The fourth-order valence-electron chi connectivity index (χ4n) is 0.150. The van der Waals surface area contributed by atoms with E-state index in [2.05, 4.69) is 61.1 Å². The van der Waals surface area contributed by atoms with Gasteiger partial charge in [-0.05, 0) is 72.9 Å². The summed E-state index contributed by atoms with van der Waals surface area (Å²) in [5, 5.41) is 10.2. The Kier molecular flexibility index (Phi) is 7.30. The first kappa shape index (κ1) is 10.5. The standard InChI is InChI=1S/C4H2BrI2NS/c5-4(7)3(6)1-9-2-8/h1H2. The maximum atomic E-state index is 8.17. The molecule has 0 aliphatic rings. The molecule has 0 aliphatic carbocycles. The third-order valence-electron chi connectivity index (χ3n) is 0.469. The van der Waals surface area contributed by atoms with Gasteiger partial charge in [-0.15, -0.1) is 0 Å². The van der Waals surface area contributed by atoms with Gasteiger partial charge in [-0.1, -0.05) is 0 Å². The Morgan fingerprint density at radius 2 is 2.22 bits per heavy atom. The number of hydrogen-bond acceptors (Lipinski definition) is 2. The topological polar surface area (TPSA) is 23.8 Å². The zero-order valence-corrected chi connectivity index (χ0v) is 10.9. The highest BCUT2D eigenvalue weighted by Crippen LogP contribution is 2.26. The van der Waals surface area contributed by atoms with E-state index in [0.717, 1.165) is 8.24 Å². The average molecular weight is 430 g/mol. The van der Waals surface area contributed by atoms with Gasteiger partial charge in [0.15, 0.2) is 0 Å². The van der Waals surface area contributed by atoms with Crippen LogP contribution in [0, 0.1) is 10.7 Å². The summed E-state index contributed by atoms with van der Waals surface area (Å²) in [6, 6.07) is 0. The van der Waals surface area contributed by atoms with Crippen molar-refractivity contribution in [1.82, 2.24) is 0 Å². The minimum Gasteiger partial charge on any atom is -0.185 e. The number of rotatable bonds is 2. The monoisotopic (exact) mass is 429 g/mol. The summed E-state index contributed by atoms with van der Waals surface area (Å²) in [5.41, 5.74) is 0. The molecule has 0 atom stereocenters. The maximum absolute atomic E-state index is 8.17. The number of halogens is 3. The smallest absolute Gasteiger partial charge is 0.133 e. The van der Waals surface area contributed by atoms with Gasteiger partial charge in [0, 0.05) is 9.33 Å². The molecule has 0 fully saturated rings. The Hall–Kier alpha value is 1.52. The number of thiocyanates is 1. The van der Waals surface area contributed by atoms with Crippen LogP contribution >= 0.6 is 72.9 Å². The number of thioether (sulfide) groups is 1. The molecule has 0 rings (SSSR count). The highest BCUT2D eigenvalue weighted by Gasteiger charge is 1.95. The van der Waals surface area contributed by atoms with Gasteiger partial charge in [0.05, 0.1) is 2.49 Å². The van der Waals surface area contributed by atoms with E-state index in [9.17, 15) is 0 Å². The second-order valence-corrected chi connectivity index (χ2v) is 6.46. The Labute approximate surface area is 94.1 Å². The van der Waals surface area contributed by atoms with Crippen molar-refractivity contribution in [2.75, 3.05) is 5.75 Å². The SMILES string of the molecule is N#CSCC(I)=C(Br)I. The van der Waals surface area contributed by atoms with Gasteiger partial charge in [0.1, 0.15) is 5.40 Å². The quantitative estimate of drug-likeness (QED) is 0.494. The van der Waals surface area contributed by atoms with Gasteiger partial charge in [-0.25, -0.2) is 0 Å². The van der Waals surface area contributed by atoms with Crippen LogP contribution < -0.4 is 0 Å². The molecule has 1 nitrogen and oxygen atoms in total. The number of nitriles is 1. The third kappa shape index (κ3) is 5.94. The molecule has 0 N–H and O–H groups in total.